The number of carbonyl (C=O) groups excluding carboxylic acids is 1. The molecule has 1 saturated carbocycles. The number of carbonyl (C=O) groups is 1. The van der Waals surface area contributed by atoms with E-state index < -0.39 is 0 Å². The SMILES string of the molecule is O=C(Br)OC1CC1. The van der Waals surface area contributed by atoms with E-state index in [9.17, 15) is 4.79 Å². The third-order valence-electron chi connectivity index (χ3n) is 0.784. The molecule has 1 rings (SSSR count). The van der Waals surface area contributed by atoms with Gasteiger partial charge in [0.15, 0.2) is 0 Å². The summed E-state index contributed by atoms with van der Waals surface area (Å²) in [6.45, 7) is 0. The van der Waals surface area contributed by atoms with Gasteiger partial charge in [-0.15, -0.1) is 0 Å². The fourth-order valence-corrected chi connectivity index (χ4v) is 0.581. The number of halogens is 1. The van der Waals surface area contributed by atoms with Crippen molar-refractivity contribution >= 4 is 20.8 Å². The summed E-state index contributed by atoms with van der Waals surface area (Å²) in [5.41, 5.74) is 0. The topological polar surface area (TPSA) is 26.3 Å². The van der Waals surface area contributed by atoms with Crippen LogP contribution in [-0.4, -0.2) is 11.0 Å². The van der Waals surface area contributed by atoms with E-state index in [-0.39, 0.29) is 11.0 Å². The molecule has 40 valence electrons. The molecule has 0 atom stereocenters. The zero-order chi connectivity index (χ0) is 5.28. The predicted molar refractivity (Wildman–Crippen MR) is 28.4 cm³/mol. The minimum Gasteiger partial charge on any atom is -0.454 e. The van der Waals surface area contributed by atoms with Gasteiger partial charge in [0.2, 0.25) is 0 Å². The van der Waals surface area contributed by atoms with Gasteiger partial charge >= 0.3 is 4.88 Å². The zero-order valence-corrected chi connectivity index (χ0v) is 5.27. The lowest BCUT2D eigenvalue weighted by molar-refractivity contribution is 0.169. The highest BCUT2D eigenvalue weighted by Crippen LogP contribution is 2.24. The van der Waals surface area contributed by atoms with Crippen molar-refractivity contribution < 1.29 is 9.53 Å². The van der Waals surface area contributed by atoms with E-state index in [4.69, 9.17) is 0 Å². The number of hydrogen-bond acceptors (Lipinski definition) is 2. The number of rotatable bonds is 1. The van der Waals surface area contributed by atoms with Gasteiger partial charge in [-0.1, -0.05) is 0 Å². The third kappa shape index (κ3) is 1.92. The summed E-state index contributed by atoms with van der Waals surface area (Å²) in [5, 5.41) is 0. The number of hydrogen-bond donors (Lipinski definition) is 0. The van der Waals surface area contributed by atoms with E-state index in [1.54, 1.807) is 0 Å². The monoisotopic (exact) mass is 164 g/mol. The molecule has 1 fully saturated rings. The van der Waals surface area contributed by atoms with E-state index in [0.29, 0.717) is 0 Å². The van der Waals surface area contributed by atoms with Crippen LogP contribution in [0.15, 0.2) is 0 Å². The van der Waals surface area contributed by atoms with Gasteiger partial charge in [-0.2, -0.15) is 0 Å². The Labute approximate surface area is 50.0 Å². The maximum atomic E-state index is 9.99. The van der Waals surface area contributed by atoms with Gasteiger partial charge in [-0.3, -0.25) is 0 Å². The van der Waals surface area contributed by atoms with E-state index in [2.05, 4.69) is 20.7 Å². The lowest BCUT2D eigenvalue weighted by atomic mass is 10.8. The Morgan fingerprint density at radius 2 is 2.29 bits per heavy atom. The van der Waals surface area contributed by atoms with Crippen molar-refractivity contribution in [3.05, 3.63) is 0 Å². The van der Waals surface area contributed by atoms with Crippen molar-refractivity contribution in [2.75, 3.05) is 0 Å². The molecule has 0 aromatic rings. The molecule has 1 aliphatic rings. The van der Waals surface area contributed by atoms with Crippen LogP contribution >= 0.6 is 15.9 Å². The van der Waals surface area contributed by atoms with Crippen molar-refractivity contribution in [2.24, 2.45) is 0 Å². The Kier molecular flexibility index (Phi) is 1.32. The number of ether oxygens (including phenoxy) is 1. The normalized spacial score (nSPS) is 19.0. The molecule has 0 amide bonds. The maximum absolute atomic E-state index is 9.99. The Hall–Kier alpha value is -0.0500. The molecule has 0 N–H and O–H groups in total. The molecule has 1 aliphatic carbocycles. The smallest absolute Gasteiger partial charge is 0.374 e. The van der Waals surface area contributed by atoms with Crippen molar-refractivity contribution in [3.8, 4) is 0 Å². The van der Waals surface area contributed by atoms with Crippen LogP contribution in [0, 0.1) is 0 Å². The summed E-state index contributed by atoms with van der Waals surface area (Å²) in [6.07, 6.45) is 2.31. The van der Waals surface area contributed by atoms with Crippen LogP contribution in [0.4, 0.5) is 4.79 Å². The maximum Gasteiger partial charge on any atom is 0.374 e. The highest BCUT2D eigenvalue weighted by Gasteiger charge is 2.24. The van der Waals surface area contributed by atoms with Crippen LogP contribution in [-0.2, 0) is 4.74 Å². The first-order valence-corrected chi connectivity index (χ1v) is 2.94. The Morgan fingerprint density at radius 1 is 1.71 bits per heavy atom. The molecule has 2 nitrogen and oxygen atoms in total. The molecular weight excluding hydrogens is 160 g/mol. The van der Waals surface area contributed by atoms with E-state index >= 15 is 0 Å². The average molecular weight is 165 g/mol. The first-order chi connectivity index (χ1) is 3.29. The van der Waals surface area contributed by atoms with Gasteiger partial charge in [0.1, 0.15) is 6.10 Å². The fraction of sp³-hybridized carbons (Fsp3) is 0.750. The van der Waals surface area contributed by atoms with Crippen LogP contribution in [0.25, 0.3) is 0 Å². The molecule has 3 heteroatoms. The largest absolute Gasteiger partial charge is 0.454 e. The summed E-state index contributed by atoms with van der Waals surface area (Å²) in [6, 6.07) is 0. The highest BCUT2D eigenvalue weighted by atomic mass is 79.9. The standard InChI is InChI=1S/C4H5BrO2/c5-4(6)7-3-1-2-3/h3H,1-2H2. The van der Waals surface area contributed by atoms with Crippen LogP contribution in [0.3, 0.4) is 0 Å². The molecular formula is C4H5BrO2. The summed E-state index contributed by atoms with van der Waals surface area (Å²) in [5.74, 6) is 0. The first kappa shape index (κ1) is 5.09. The van der Waals surface area contributed by atoms with Gasteiger partial charge < -0.3 is 4.74 Å². The fourth-order valence-electron chi connectivity index (χ4n) is 0.317. The van der Waals surface area contributed by atoms with Crippen LogP contribution in [0.1, 0.15) is 12.8 Å². The molecule has 0 aliphatic heterocycles. The van der Waals surface area contributed by atoms with Gasteiger partial charge in [0, 0.05) is 15.9 Å². The van der Waals surface area contributed by atoms with Crippen molar-refractivity contribution in [2.45, 2.75) is 18.9 Å². The molecule has 0 radical (unpaired) electrons. The second kappa shape index (κ2) is 1.82. The second-order valence-electron chi connectivity index (χ2n) is 1.55. The lowest BCUT2D eigenvalue weighted by Crippen LogP contribution is -1.93. The summed E-state index contributed by atoms with van der Waals surface area (Å²) in [4.78, 5) is 9.65. The molecule has 0 heterocycles. The van der Waals surface area contributed by atoms with Gasteiger partial charge in [-0.05, 0) is 12.8 Å². The zero-order valence-electron chi connectivity index (χ0n) is 3.69. The Morgan fingerprint density at radius 3 is 2.43 bits per heavy atom. The summed E-state index contributed by atoms with van der Waals surface area (Å²) in [7, 11) is 0. The quantitative estimate of drug-likeness (QED) is 0.552. The molecule has 0 spiro atoms. The van der Waals surface area contributed by atoms with Gasteiger partial charge in [0.25, 0.3) is 0 Å². The van der Waals surface area contributed by atoms with Gasteiger partial charge in [-0.25, -0.2) is 4.79 Å². The first-order valence-electron chi connectivity index (χ1n) is 2.15. The molecule has 7 heavy (non-hydrogen) atoms. The highest BCUT2D eigenvalue weighted by molar-refractivity contribution is 9.18. The lowest BCUT2D eigenvalue weighted by Gasteiger charge is -1.90. The van der Waals surface area contributed by atoms with Gasteiger partial charge in [0.05, 0.1) is 0 Å². The molecule has 0 bridgehead atoms. The molecule has 0 aromatic heterocycles. The third-order valence-corrected chi connectivity index (χ3v) is 0.971. The summed E-state index contributed by atoms with van der Waals surface area (Å²) < 4.78 is 4.64. The Bertz CT molecular complexity index is 87.7. The Balaban J connectivity index is 2.08. The van der Waals surface area contributed by atoms with Crippen molar-refractivity contribution in [3.63, 3.8) is 0 Å². The molecule has 0 unspecified atom stereocenters. The van der Waals surface area contributed by atoms with Crippen molar-refractivity contribution in [1.29, 1.82) is 0 Å². The minimum absolute atomic E-state index is 0.229. The van der Waals surface area contributed by atoms with Crippen molar-refractivity contribution in [1.82, 2.24) is 0 Å². The van der Waals surface area contributed by atoms with Crippen LogP contribution in [0.5, 0.6) is 0 Å². The summed E-state index contributed by atoms with van der Waals surface area (Å²) >= 11 is 2.65. The second-order valence-corrected chi connectivity index (χ2v) is 2.20. The average Bonchev–Trinajstić information content (AvgIpc) is 2.17. The predicted octanol–water partition coefficient (Wildman–Crippen LogP) is 1.68. The van der Waals surface area contributed by atoms with E-state index in [1.165, 1.54) is 0 Å². The van der Waals surface area contributed by atoms with E-state index in [1.807, 2.05) is 0 Å². The minimum atomic E-state index is -0.338. The molecule has 0 aromatic carbocycles. The van der Waals surface area contributed by atoms with E-state index in [0.717, 1.165) is 12.8 Å². The van der Waals surface area contributed by atoms with Crippen LogP contribution < -0.4 is 0 Å². The molecule has 0 saturated heterocycles. The van der Waals surface area contributed by atoms with Crippen LogP contribution in [0.2, 0.25) is 0 Å².